The number of hydrogen-bond donors (Lipinski definition) is 2. The summed E-state index contributed by atoms with van der Waals surface area (Å²) in [5.74, 6) is -1.16. The highest BCUT2D eigenvalue weighted by Gasteiger charge is 2.20. The Morgan fingerprint density at radius 1 is 1.41 bits per heavy atom. The lowest BCUT2D eigenvalue weighted by Gasteiger charge is -2.07. The summed E-state index contributed by atoms with van der Waals surface area (Å²) in [6.07, 6.45) is 1.05. The monoisotopic (exact) mass is 320 g/mol. The third kappa shape index (κ3) is 2.87. The second-order valence-electron chi connectivity index (χ2n) is 4.39. The lowest BCUT2D eigenvalue weighted by atomic mass is 10.0. The Morgan fingerprint density at radius 2 is 2.14 bits per heavy atom. The lowest BCUT2D eigenvalue weighted by Crippen LogP contribution is -2.13. The Kier molecular flexibility index (Phi) is 4.64. The van der Waals surface area contributed by atoms with Crippen LogP contribution in [0.2, 0.25) is 0 Å². The molecular weight excluding hydrogens is 308 g/mol. The van der Waals surface area contributed by atoms with Gasteiger partial charge in [0.05, 0.1) is 17.0 Å². The summed E-state index contributed by atoms with van der Waals surface area (Å²) >= 11 is 1.03. The molecule has 0 spiro atoms. The van der Waals surface area contributed by atoms with Crippen molar-refractivity contribution in [3.8, 4) is 10.4 Å². The first kappa shape index (κ1) is 15.8. The number of thiazole rings is 1. The molecule has 1 aromatic carbocycles. The predicted molar refractivity (Wildman–Crippen MR) is 80.3 cm³/mol. The van der Waals surface area contributed by atoms with Crippen LogP contribution in [0, 0.1) is 0 Å². The highest BCUT2D eigenvalue weighted by Crippen LogP contribution is 2.36. The molecular formula is C14H12N2O5S. The third-order valence-electron chi connectivity index (χ3n) is 2.96. The number of amides is 1. The smallest absolute Gasteiger partial charge is 0.336 e. The van der Waals surface area contributed by atoms with E-state index in [0.717, 1.165) is 11.3 Å². The van der Waals surface area contributed by atoms with E-state index in [9.17, 15) is 24.6 Å². The van der Waals surface area contributed by atoms with Gasteiger partial charge in [0, 0.05) is 12.6 Å². The molecule has 1 amide bonds. The number of benzene rings is 1. The molecule has 0 aliphatic rings. The third-order valence-corrected chi connectivity index (χ3v) is 4.15. The summed E-state index contributed by atoms with van der Waals surface area (Å²) in [5, 5.41) is 18.8. The molecule has 0 unspecified atom stereocenters. The second-order valence-corrected chi connectivity index (χ2v) is 5.37. The van der Waals surface area contributed by atoms with E-state index in [4.69, 9.17) is 0 Å². The van der Waals surface area contributed by atoms with Crippen molar-refractivity contribution in [2.45, 2.75) is 6.61 Å². The van der Waals surface area contributed by atoms with Crippen molar-refractivity contribution in [3.05, 3.63) is 35.0 Å². The largest absolute Gasteiger partial charge is 0.478 e. The highest BCUT2D eigenvalue weighted by molar-refractivity contribution is 7.19. The van der Waals surface area contributed by atoms with Crippen LogP contribution >= 0.6 is 11.3 Å². The molecule has 0 atom stereocenters. The van der Waals surface area contributed by atoms with Crippen LogP contribution in [0.25, 0.3) is 10.4 Å². The molecule has 8 heteroatoms. The van der Waals surface area contributed by atoms with Gasteiger partial charge in [-0.3, -0.25) is 14.5 Å². The summed E-state index contributed by atoms with van der Waals surface area (Å²) in [6.45, 7) is -0.261. The van der Waals surface area contributed by atoms with Crippen LogP contribution in [-0.2, 0) is 11.4 Å². The van der Waals surface area contributed by atoms with Crippen LogP contribution in [0.15, 0.2) is 18.2 Å². The number of aromatic carboxylic acids is 1. The molecule has 1 aromatic heterocycles. The van der Waals surface area contributed by atoms with E-state index < -0.39 is 5.97 Å². The van der Waals surface area contributed by atoms with Gasteiger partial charge in [-0.1, -0.05) is 17.4 Å². The van der Waals surface area contributed by atoms with E-state index in [1.807, 2.05) is 0 Å². The topological polar surface area (TPSA) is 108 Å². The number of rotatable bonds is 6. The van der Waals surface area contributed by atoms with Gasteiger partial charge in [0.15, 0.2) is 11.4 Å². The van der Waals surface area contributed by atoms with Crippen LogP contribution in [0.1, 0.15) is 26.4 Å². The Morgan fingerprint density at radius 3 is 2.68 bits per heavy atom. The fourth-order valence-corrected chi connectivity index (χ4v) is 2.84. The fourth-order valence-electron chi connectivity index (χ4n) is 1.85. The van der Waals surface area contributed by atoms with Gasteiger partial charge in [-0.25, -0.2) is 9.78 Å². The number of carbonyl (C=O) groups excluding carboxylic acids is 2. The van der Waals surface area contributed by atoms with Crippen molar-refractivity contribution >= 4 is 35.1 Å². The van der Waals surface area contributed by atoms with E-state index >= 15 is 0 Å². The summed E-state index contributed by atoms with van der Waals surface area (Å²) in [5.41, 5.74) is 0.829. The van der Waals surface area contributed by atoms with E-state index in [-0.39, 0.29) is 28.6 Å². The number of aldehydes is 1. The SMILES string of the molecule is CN(C=O)c1nc(C=O)c(-c2cc(CO)ccc2C(=O)O)s1. The molecule has 2 N–H and O–H groups in total. The maximum absolute atomic E-state index is 11.4. The van der Waals surface area contributed by atoms with Crippen LogP contribution < -0.4 is 4.90 Å². The number of hydrogen-bond acceptors (Lipinski definition) is 6. The minimum Gasteiger partial charge on any atom is -0.478 e. The van der Waals surface area contributed by atoms with E-state index in [0.29, 0.717) is 23.1 Å². The summed E-state index contributed by atoms with van der Waals surface area (Å²) in [7, 11) is 1.48. The average molecular weight is 320 g/mol. The van der Waals surface area contributed by atoms with Crippen molar-refractivity contribution in [2.75, 3.05) is 11.9 Å². The molecule has 0 saturated heterocycles. The van der Waals surface area contributed by atoms with Crippen molar-refractivity contribution in [2.24, 2.45) is 0 Å². The fraction of sp³-hybridized carbons (Fsp3) is 0.143. The molecule has 0 aliphatic carbocycles. The first-order chi connectivity index (χ1) is 10.5. The molecule has 0 fully saturated rings. The molecule has 0 radical (unpaired) electrons. The quantitative estimate of drug-likeness (QED) is 0.779. The van der Waals surface area contributed by atoms with Crippen molar-refractivity contribution in [1.82, 2.24) is 4.98 Å². The Labute approximate surface area is 129 Å². The molecule has 2 rings (SSSR count). The zero-order chi connectivity index (χ0) is 16.3. The number of aromatic nitrogens is 1. The van der Waals surface area contributed by atoms with Gasteiger partial charge in [-0.15, -0.1) is 0 Å². The normalized spacial score (nSPS) is 10.3. The molecule has 7 nitrogen and oxygen atoms in total. The van der Waals surface area contributed by atoms with Crippen LogP contribution in [0.4, 0.5) is 5.13 Å². The Bertz CT molecular complexity index is 741. The molecule has 0 bridgehead atoms. The molecule has 1 heterocycles. The zero-order valence-electron chi connectivity index (χ0n) is 11.5. The number of aliphatic hydroxyl groups excluding tert-OH is 1. The zero-order valence-corrected chi connectivity index (χ0v) is 12.3. The number of nitrogens with zero attached hydrogens (tertiary/aromatic N) is 2. The number of carboxylic acids is 1. The minimum absolute atomic E-state index is 0.00995. The lowest BCUT2D eigenvalue weighted by molar-refractivity contribution is -0.107. The maximum Gasteiger partial charge on any atom is 0.336 e. The van der Waals surface area contributed by atoms with Crippen LogP contribution in [-0.4, -0.2) is 40.9 Å². The molecule has 22 heavy (non-hydrogen) atoms. The van der Waals surface area contributed by atoms with Crippen molar-refractivity contribution in [1.29, 1.82) is 0 Å². The second kappa shape index (κ2) is 6.46. The first-order valence-corrected chi connectivity index (χ1v) is 6.95. The Balaban J connectivity index is 2.69. The number of carbonyl (C=O) groups is 3. The molecule has 0 aliphatic heterocycles. The standard InChI is InChI=1S/C14H12N2O5S/c1-16(7-19)14-15-11(6-18)12(22-14)10-4-8(5-17)2-3-9(10)13(20)21/h2-4,6-7,17H,5H2,1H3,(H,20,21). The summed E-state index contributed by atoms with van der Waals surface area (Å²) in [4.78, 5) is 38.9. The van der Waals surface area contributed by atoms with Gasteiger partial charge in [0.1, 0.15) is 5.69 Å². The van der Waals surface area contributed by atoms with Gasteiger partial charge in [0.2, 0.25) is 6.41 Å². The van der Waals surface area contributed by atoms with Crippen molar-refractivity contribution < 1.29 is 24.6 Å². The first-order valence-electron chi connectivity index (χ1n) is 6.13. The van der Waals surface area contributed by atoms with Gasteiger partial charge >= 0.3 is 5.97 Å². The predicted octanol–water partition coefficient (Wildman–Crippen LogP) is 1.41. The van der Waals surface area contributed by atoms with E-state index in [1.54, 1.807) is 0 Å². The minimum atomic E-state index is -1.16. The molecule has 2 aromatic rings. The summed E-state index contributed by atoms with van der Waals surface area (Å²) in [6, 6.07) is 4.35. The molecule has 0 saturated carbocycles. The van der Waals surface area contributed by atoms with Crippen molar-refractivity contribution in [3.63, 3.8) is 0 Å². The number of carboxylic acid groups (broad SMARTS) is 1. The van der Waals surface area contributed by atoms with Gasteiger partial charge in [-0.2, -0.15) is 0 Å². The van der Waals surface area contributed by atoms with Gasteiger partial charge < -0.3 is 10.2 Å². The molecule has 114 valence electrons. The van der Waals surface area contributed by atoms with Crippen LogP contribution in [0.3, 0.4) is 0 Å². The summed E-state index contributed by atoms with van der Waals surface area (Å²) < 4.78 is 0. The van der Waals surface area contributed by atoms with E-state index in [2.05, 4.69) is 4.98 Å². The maximum atomic E-state index is 11.4. The highest BCUT2D eigenvalue weighted by atomic mass is 32.1. The number of aliphatic hydroxyl groups is 1. The van der Waals surface area contributed by atoms with Crippen LogP contribution in [0.5, 0.6) is 0 Å². The van der Waals surface area contributed by atoms with E-state index in [1.165, 1.54) is 30.1 Å². The number of anilines is 1. The Hall–Kier alpha value is -2.58. The van der Waals surface area contributed by atoms with Gasteiger partial charge in [-0.05, 0) is 17.7 Å². The average Bonchev–Trinajstić information content (AvgIpc) is 2.97. The van der Waals surface area contributed by atoms with Gasteiger partial charge in [0.25, 0.3) is 0 Å².